The van der Waals surface area contributed by atoms with Gasteiger partial charge in [0.05, 0.1) is 0 Å². The third-order valence-electron chi connectivity index (χ3n) is 1.78. The molecular formula is C12H23N. The standard InChI is InChI=1S/C12H23N/c1-6-8-9-10-13(7-2)11-12(3,4)5/h6,8-9H,1,7,10-11H2,2-5H3. The van der Waals surface area contributed by atoms with Crippen molar-refractivity contribution in [2.75, 3.05) is 19.6 Å². The fraction of sp³-hybridized carbons (Fsp3) is 0.667. The first kappa shape index (κ1) is 12.4. The highest BCUT2D eigenvalue weighted by Crippen LogP contribution is 2.14. The Bertz CT molecular complexity index is 162. The van der Waals surface area contributed by atoms with Gasteiger partial charge in [-0.25, -0.2) is 0 Å². The molecule has 0 aromatic carbocycles. The molecule has 0 heterocycles. The minimum atomic E-state index is 0.387. The van der Waals surface area contributed by atoms with Crippen LogP contribution in [0.2, 0.25) is 0 Å². The second kappa shape index (κ2) is 5.98. The summed E-state index contributed by atoms with van der Waals surface area (Å²) in [5.41, 5.74) is 0.387. The van der Waals surface area contributed by atoms with Gasteiger partial charge in [0.2, 0.25) is 0 Å². The molecule has 0 amide bonds. The van der Waals surface area contributed by atoms with Crippen molar-refractivity contribution in [1.29, 1.82) is 0 Å². The van der Waals surface area contributed by atoms with E-state index in [0.717, 1.165) is 19.6 Å². The highest BCUT2D eigenvalue weighted by Gasteiger charge is 2.13. The van der Waals surface area contributed by atoms with Crippen molar-refractivity contribution >= 4 is 0 Å². The first-order valence-electron chi connectivity index (χ1n) is 4.99. The number of likely N-dealkylation sites (N-methyl/N-ethyl adjacent to an activating group) is 1. The molecule has 0 unspecified atom stereocenters. The summed E-state index contributed by atoms with van der Waals surface area (Å²) in [7, 11) is 0. The van der Waals surface area contributed by atoms with Crippen LogP contribution in [0.5, 0.6) is 0 Å². The van der Waals surface area contributed by atoms with E-state index in [0.29, 0.717) is 5.41 Å². The molecule has 0 aliphatic heterocycles. The van der Waals surface area contributed by atoms with Crippen molar-refractivity contribution in [3.05, 3.63) is 24.8 Å². The van der Waals surface area contributed by atoms with Crippen LogP contribution < -0.4 is 0 Å². The van der Waals surface area contributed by atoms with Crippen LogP contribution >= 0.6 is 0 Å². The van der Waals surface area contributed by atoms with Crippen molar-refractivity contribution in [1.82, 2.24) is 4.90 Å². The summed E-state index contributed by atoms with van der Waals surface area (Å²) in [4.78, 5) is 2.43. The van der Waals surface area contributed by atoms with E-state index in [4.69, 9.17) is 0 Å². The molecule has 76 valence electrons. The summed E-state index contributed by atoms with van der Waals surface area (Å²) >= 11 is 0. The number of nitrogens with zero attached hydrogens (tertiary/aromatic N) is 1. The fourth-order valence-electron chi connectivity index (χ4n) is 1.28. The van der Waals surface area contributed by atoms with Crippen molar-refractivity contribution in [2.24, 2.45) is 5.41 Å². The number of hydrogen-bond acceptors (Lipinski definition) is 1. The zero-order valence-electron chi connectivity index (χ0n) is 9.51. The summed E-state index contributed by atoms with van der Waals surface area (Å²) in [6, 6.07) is 0. The Balaban J connectivity index is 3.89. The van der Waals surface area contributed by atoms with E-state index < -0.39 is 0 Å². The molecule has 0 aromatic rings. The molecule has 0 saturated heterocycles. The van der Waals surface area contributed by atoms with Gasteiger partial charge in [-0.2, -0.15) is 0 Å². The average molecular weight is 181 g/mol. The quantitative estimate of drug-likeness (QED) is 0.589. The van der Waals surface area contributed by atoms with Crippen LogP contribution in [0.3, 0.4) is 0 Å². The van der Waals surface area contributed by atoms with Gasteiger partial charge in [0.25, 0.3) is 0 Å². The van der Waals surface area contributed by atoms with Crippen molar-refractivity contribution in [3.63, 3.8) is 0 Å². The molecular weight excluding hydrogens is 158 g/mol. The molecule has 0 atom stereocenters. The largest absolute Gasteiger partial charge is 0.299 e. The van der Waals surface area contributed by atoms with Gasteiger partial charge in [0, 0.05) is 13.1 Å². The molecule has 0 aliphatic carbocycles. The smallest absolute Gasteiger partial charge is 0.0166 e. The molecule has 1 heteroatoms. The lowest BCUT2D eigenvalue weighted by Gasteiger charge is -2.27. The van der Waals surface area contributed by atoms with Crippen LogP contribution in [0.1, 0.15) is 27.7 Å². The molecule has 0 aliphatic rings. The van der Waals surface area contributed by atoms with Gasteiger partial charge in [0.1, 0.15) is 0 Å². The maximum Gasteiger partial charge on any atom is 0.0166 e. The van der Waals surface area contributed by atoms with E-state index in [1.54, 1.807) is 0 Å². The van der Waals surface area contributed by atoms with E-state index in [1.807, 2.05) is 12.2 Å². The lowest BCUT2D eigenvalue weighted by Crippen LogP contribution is -2.32. The lowest BCUT2D eigenvalue weighted by atomic mass is 9.96. The van der Waals surface area contributed by atoms with Gasteiger partial charge in [-0.1, -0.05) is 52.5 Å². The normalized spacial score (nSPS) is 12.7. The first-order chi connectivity index (χ1) is 5.99. The van der Waals surface area contributed by atoms with E-state index in [1.165, 1.54) is 0 Å². The summed E-state index contributed by atoms with van der Waals surface area (Å²) in [6.45, 7) is 15.9. The molecule has 0 spiro atoms. The van der Waals surface area contributed by atoms with Gasteiger partial charge in [-0.3, -0.25) is 4.90 Å². The summed E-state index contributed by atoms with van der Waals surface area (Å²) < 4.78 is 0. The minimum Gasteiger partial charge on any atom is -0.299 e. The van der Waals surface area contributed by atoms with Gasteiger partial charge in [0.15, 0.2) is 0 Å². The molecule has 0 radical (unpaired) electrons. The fourth-order valence-corrected chi connectivity index (χ4v) is 1.28. The molecule has 13 heavy (non-hydrogen) atoms. The minimum absolute atomic E-state index is 0.387. The topological polar surface area (TPSA) is 3.24 Å². The van der Waals surface area contributed by atoms with E-state index >= 15 is 0 Å². The molecule has 0 rings (SSSR count). The number of rotatable bonds is 5. The Labute approximate surface area is 83.1 Å². The molecule has 0 bridgehead atoms. The Hall–Kier alpha value is -0.560. The summed E-state index contributed by atoms with van der Waals surface area (Å²) in [6.07, 6.45) is 5.98. The Kier molecular flexibility index (Phi) is 5.72. The lowest BCUT2D eigenvalue weighted by molar-refractivity contribution is 0.216. The van der Waals surface area contributed by atoms with E-state index in [9.17, 15) is 0 Å². The third kappa shape index (κ3) is 7.79. The molecule has 1 nitrogen and oxygen atoms in total. The van der Waals surface area contributed by atoms with Crippen LogP contribution in [-0.4, -0.2) is 24.5 Å². The number of hydrogen-bond donors (Lipinski definition) is 0. The summed E-state index contributed by atoms with van der Waals surface area (Å²) in [5.74, 6) is 0. The Morgan fingerprint density at radius 1 is 1.31 bits per heavy atom. The average Bonchev–Trinajstić information content (AvgIpc) is 2.01. The Morgan fingerprint density at radius 2 is 1.92 bits per heavy atom. The highest BCUT2D eigenvalue weighted by atomic mass is 15.1. The monoisotopic (exact) mass is 181 g/mol. The van der Waals surface area contributed by atoms with Gasteiger partial charge < -0.3 is 0 Å². The van der Waals surface area contributed by atoms with Gasteiger partial charge in [-0.15, -0.1) is 0 Å². The second-order valence-electron chi connectivity index (χ2n) is 4.55. The van der Waals surface area contributed by atoms with Crippen LogP contribution in [-0.2, 0) is 0 Å². The van der Waals surface area contributed by atoms with Crippen molar-refractivity contribution < 1.29 is 0 Å². The van der Waals surface area contributed by atoms with Gasteiger partial charge >= 0.3 is 0 Å². The summed E-state index contributed by atoms with van der Waals surface area (Å²) in [5, 5.41) is 0. The van der Waals surface area contributed by atoms with Crippen molar-refractivity contribution in [3.8, 4) is 0 Å². The van der Waals surface area contributed by atoms with Crippen LogP contribution in [0.25, 0.3) is 0 Å². The van der Waals surface area contributed by atoms with Gasteiger partial charge in [-0.05, 0) is 12.0 Å². The zero-order chi connectivity index (χ0) is 10.3. The maximum atomic E-state index is 3.65. The Morgan fingerprint density at radius 3 is 2.31 bits per heavy atom. The van der Waals surface area contributed by atoms with Crippen LogP contribution in [0.15, 0.2) is 24.8 Å². The molecule has 0 saturated carbocycles. The SMILES string of the molecule is C=CC=CCN(CC)CC(C)(C)C. The maximum absolute atomic E-state index is 3.65. The predicted molar refractivity (Wildman–Crippen MR) is 60.9 cm³/mol. The highest BCUT2D eigenvalue weighted by molar-refractivity contribution is 4.98. The molecule has 0 N–H and O–H groups in total. The van der Waals surface area contributed by atoms with Crippen LogP contribution in [0, 0.1) is 5.41 Å². The zero-order valence-corrected chi connectivity index (χ0v) is 9.51. The third-order valence-corrected chi connectivity index (χ3v) is 1.78. The van der Waals surface area contributed by atoms with Crippen molar-refractivity contribution in [2.45, 2.75) is 27.7 Å². The first-order valence-corrected chi connectivity index (χ1v) is 4.99. The van der Waals surface area contributed by atoms with Crippen LogP contribution in [0.4, 0.5) is 0 Å². The molecule has 0 fully saturated rings. The predicted octanol–water partition coefficient (Wildman–Crippen LogP) is 3.10. The number of allylic oxidation sites excluding steroid dienone is 2. The molecule has 0 aromatic heterocycles. The second-order valence-corrected chi connectivity index (χ2v) is 4.55. The van der Waals surface area contributed by atoms with E-state index in [2.05, 4.69) is 45.2 Å². The van der Waals surface area contributed by atoms with E-state index in [-0.39, 0.29) is 0 Å².